The zero-order valence-corrected chi connectivity index (χ0v) is 15.0. The SMILES string of the molecule is O=C(NCCC(F)(F)F)c1cnc(N2CCN(Cc3ccccc3)C2=O)s1. The molecule has 10 heteroatoms. The van der Waals surface area contributed by atoms with E-state index in [9.17, 15) is 22.8 Å². The Kier molecular flexibility index (Phi) is 5.64. The van der Waals surface area contributed by atoms with Gasteiger partial charge in [0.25, 0.3) is 5.91 Å². The van der Waals surface area contributed by atoms with Gasteiger partial charge in [-0.3, -0.25) is 9.69 Å². The Hall–Kier alpha value is -2.62. The van der Waals surface area contributed by atoms with Crippen molar-refractivity contribution in [3.05, 3.63) is 47.0 Å². The van der Waals surface area contributed by atoms with Gasteiger partial charge in [0.15, 0.2) is 5.13 Å². The summed E-state index contributed by atoms with van der Waals surface area (Å²) >= 11 is 0.982. The Morgan fingerprint density at radius 1 is 1.22 bits per heavy atom. The number of carbonyl (C=O) groups excluding carboxylic acids is 2. The first-order valence-corrected chi connectivity index (χ1v) is 9.06. The molecule has 1 N–H and O–H groups in total. The first kappa shape index (κ1) is 19.2. The van der Waals surface area contributed by atoms with Crippen molar-refractivity contribution in [2.75, 3.05) is 24.5 Å². The second-order valence-electron chi connectivity index (χ2n) is 5.97. The third-order valence-corrected chi connectivity index (χ3v) is 4.97. The number of benzene rings is 1. The van der Waals surface area contributed by atoms with Crippen LogP contribution >= 0.6 is 11.3 Å². The van der Waals surface area contributed by atoms with Crippen molar-refractivity contribution in [1.29, 1.82) is 0 Å². The van der Waals surface area contributed by atoms with Gasteiger partial charge in [0.1, 0.15) is 4.88 Å². The number of nitrogens with one attached hydrogen (secondary N) is 1. The maximum Gasteiger partial charge on any atom is 0.390 e. The Morgan fingerprint density at radius 3 is 2.67 bits per heavy atom. The van der Waals surface area contributed by atoms with Gasteiger partial charge in [0, 0.05) is 26.2 Å². The molecule has 1 saturated heterocycles. The number of urea groups is 1. The third kappa shape index (κ3) is 4.97. The fourth-order valence-electron chi connectivity index (χ4n) is 2.61. The van der Waals surface area contributed by atoms with Crippen LogP contribution in [0.5, 0.6) is 0 Å². The summed E-state index contributed by atoms with van der Waals surface area (Å²) in [7, 11) is 0. The maximum atomic E-state index is 12.6. The van der Waals surface area contributed by atoms with Crippen molar-refractivity contribution in [2.24, 2.45) is 0 Å². The highest BCUT2D eigenvalue weighted by Crippen LogP contribution is 2.27. The highest BCUT2D eigenvalue weighted by atomic mass is 32.1. The minimum Gasteiger partial charge on any atom is -0.351 e. The molecule has 2 heterocycles. The minimum absolute atomic E-state index is 0.168. The summed E-state index contributed by atoms with van der Waals surface area (Å²) in [6.07, 6.45) is -4.14. The monoisotopic (exact) mass is 398 g/mol. The number of nitrogens with zero attached hydrogens (tertiary/aromatic N) is 3. The molecule has 1 aliphatic heterocycles. The predicted molar refractivity (Wildman–Crippen MR) is 94.7 cm³/mol. The molecule has 0 unspecified atom stereocenters. The van der Waals surface area contributed by atoms with Crippen LogP contribution in [0.15, 0.2) is 36.5 Å². The van der Waals surface area contributed by atoms with Gasteiger partial charge in [-0.1, -0.05) is 41.7 Å². The first-order valence-electron chi connectivity index (χ1n) is 8.24. The molecule has 0 bridgehead atoms. The number of rotatable bonds is 6. The zero-order chi connectivity index (χ0) is 19.4. The smallest absolute Gasteiger partial charge is 0.351 e. The molecule has 0 radical (unpaired) electrons. The molecule has 1 aromatic heterocycles. The molecular weight excluding hydrogens is 381 g/mol. The molecule has 2 aromatic rings. The maximum absolute atomic E-state index is 12.6. The molecule has 0 saturated carbocycles. The Bertz CT molecular complexity index is 810. The number of carbonyl (C=O) groups is 2. The molecule has 1 fully saturated rings. The number of hydrogen-bond acceptors (Lipinski definition) is 4. The lowest BCUT2D eigenvalue weighted by atomic mass is 10.2. The van der Waals surface area contributed by atoms with E-state index in [1.165, 1.54) is 11.1 Å². The van der Waals surface area contributed by atoms with Crippen molar-refractivity contribution in [3.8, 4) is 0 Å². The van der Waals surface area contributed by atoms with Crippen LogP contribution in [0, 0.1) is 0 Å². The van der Waals surface area contributed by atoms with E-state index in [-0.39, 0.29) is 10.9 Å². The highest BCUT2D eigenvalue weighted by Gasteiger charge is 2.32. The molecule has 0 aliphatic carbocycles. The van der Waals surface area contributed by atoms with Crippen LogP contribution in [0.3, 0.4) is 0 Å². The van der Waals surface area contributed by atoms with E-state index < -0.39 is 25.0 Å². The van der Waals surface area contributed by atoms with Gasteiger partial charge in [0.2, 0.25) is 0 Å². The van der Waals surface area contributed by atoms with Crippen molar-refractivity contribution < 1.29 is 22.8 Å². The van der Waals surface area contributed by atoms with E-state index in [2.05, 4.69) is 10.3 Å². The third-order valence-electron chi connectivity index (χ3n) is 3.95. The van der Waals surface area contributed by atoms with Gasteiger partial charge < -0.3 is 10.2 Å². The van der Waals surface area contributed by atoms with Gasteiger partial charge >= 0.3 is 12.2 Å². The van der Waals surface area contributed by atoms with Crippen LogP contribution in [0.1, 0.15) is 21.7 Å². The number of thiazole rings is 1. The van der Waals surface area contributed by atoms with E-state index >= 15 is 0 Å². The summed E-state index contributed by atoms with van der Waals surface area (Å²) in [4.78, 5) is 31.9. The summed E-state index contributed by atoms with van der Waals surface area (Å²) in [6.45, 7) is 0.949. The van der Waals surface area contributed by atoms with Crippen LogP contribution in [-0.2, 0) is 6.54 Å². The van der Waals surface area contributed by atoms with Gasteiger partial charge in [-0.15, -0.1) is 0 Å². The lowest BCUT2D eigenvalue weighted by Gasteiger charge is -2.16. The molecule has 6 nitrogen and oxygen atoms in total. The van der Waals surface area contributed by atoms with E-state index in [0.717, 1.165) is 16.9 Å². The zero-order valence-electron chi connectivity index (χ0n) is 14.2. The van der Waals surface area contributed by atoms with Crippen LogP contribution in [0.2, 0.25) is 0 Å². The first-order chi connectivity index (χ1) is 12.8. The van der Waals surface area contributed by atoms with Crippen LogP contribution in [-0.4, -0.2) is 47.6 Å². The summed E-state index contributed by atoms with van der Waals surface area (Å²) < 4.78 is 36.4. The normalized spacial score (nSPS) is 14.7. The lowest BCUT2D eigenvalue weighted by Crippen LogP contribution is -2.31. The van der Waals surface area contributed by atoms with Gasteiger partial charge in [0.05, 0.1) is 12.6 Å². The quantitative estimate of drug-likeness (QED) is 0.812. The van der Waals surface area contributed by atoms with E-state index in [0.29, 0.717) is 24.8 Å². The molecule has 1 aliphatic rings. The average molecular weight is 398 g/mol. The number of hydrogen-bond donors (Lipinski definition) is 1. The van der Waals surface area contributed by atoms with Gasteiger partial charge in [-0.25, -0.2) is 9.78 Å². The molecule has 0 spiro atoms. The second-order valence-corrected chi connectivity index (χ2v) is 6.98. The largest absolute Gasteiger partial charge is 0.390 e. The summed E-state index contributed by atoms with van der Waals surface area (Å²) in [5, 5.41) is 2.57. The molecule has 27 heavy (non-hydrogen) atoms. The highest BCUT2D eigenvalue weighted by molar-refractivity contribution is 7.17. The second kappa shape index (κ2) is 7.95. The van der Waals surface area contributed by atoms with Gasteiger partial charge in [-0.2, -0.15) is 13.2 Å². The summed E-state index contributed by atoms with van der Waals surface area (Å²) in [5.74, 6) is -0.629. The number of aromatic nitrogens is 1. The Morgan fingerprint density at radius 2 is 1.96 bits per heavy atom. The van der Waals surface area contributed by atoms with Crippen molar-refractivity contribution in [2.45, 2.75) is 19.1 Å². The standard InChI is InChI=1S/C17H17F3N4O2S/c18-17(19,20)6-7-21-14(25)13-10-22-15(27-13)24-9-8-23(16(24)26)11-12-4-2-1-3-5-12/h1-5,10H,6-9,11H2,(H,21,25). The lowest BCUT2D eigenvalue weighted by molar-refractivity contribution is -0.132. The van der Waals surface area contributed by atoms with E-state index in [1.807, 2.05) is 30.3 Å². The predicted octanol–water partition coefficient (Wildman–Crippen LogP) is 3.27. The minimum atomic E-state index is -4.32. The number of amides is 3. The summed E-state index contributed by atoms with van der Waals surface area (Å²) in [5.41, 5.74) is 1.01. The fourth-order valence-corrected chi connectivity index (χ4v) is 3.46. The van der Waals surface area contributed by atoms with E-state index in [4.69, 9.17) is 0 Å². The average Bonchev–Trinajstić information content (AvgIpc) is 3.22. The molecule has 3 rings (SSSR count). The van der Waals surface area contributed by atoms with E-state index in [1.54, 1.807) is 4.90 Å². The van der Waals surface area contributed by atoms with Crippen LogP contribution < -0.4 is 10.2 Å². The molecule has 0 atom stereocenters. The van der Waals surface area contributed by atoms with Crippen molar-refractivity contribution >= 4 is 28.4 Å². The van der Waals surface area contributed by atoms with Crippen LogP contribution in [0.4, 0.5) is 23.1 Å². The number of anilines is 1. The summed E-state index contributed by atoms with van der Waals surface area (Å²) in [6, 6.07) is 9.36. The molecule has 3 amide bonds. The fraction of sp³-hybridized carbons (Fsp3) is 0.353. The molecule has 1 aromatic carbocycles. The van der Waals surface area contributed by atoms with Crippen molar-refractivity contribution in [3.63, 3.8) is 0 Å². The number of alkyl halides is 3. The van der Waals surface area contributed by atoms with Crippen LogP contribution in [0.25, 0.3) is 0 Å². The Labute approximate surface area is 157 Å². The molecule has 144 valence electrons. The van der Waals surface area contributed by atoms with Crippen molar-refractivity contribution in [1.82, 2.24) is 15.2 Å². The number of halogens is 3. The Balaban J connectivity index is 1.58. The van der Waals surface area contributed by atoms with Gasteiger partial charge in [-0.05, 0) is 5.56 Å². The topological polar surface area (TPSA) is 65.5 Å². The molecular formula is C17H17F3N4O2S.